The van der Waals surface area contributed by atoms with E-state index in [9.17, 15) is 4.79 Å². The molecule has 2 nitrogen and oxygen atoms in total. The van der Waals surface area contributed by atoms with Gasteiger partial charge in [0.25, 0.3) is 0 Å². The van der Waals surface area contributed by atoms with Crippen molar-refractivity contribution in [3.8, 4) is 0 Å². The average molecular weight is 310 g/mol. The first-order valence-electron chi connectivity index (χ1n) is 7.94. The van der Waals surface area contributed by atoms with Crippen molar-refractivity contribution in [2.75, 3.05) is 11.5 Å². The normalized spacial score (nSPS) is 61.0. The van der Waals surface area contributed by atoms with Crippen molar-refractivity contribution in [2.45, 2.75) is 48.7 Å². The second-order valence-corrected chi connectivity index (χ2v) is 11.2. The van der Waals surface area contributed by atoms with Crippen LogP contribution in [0.3, 0.4) is 0 Å². The molecule has 4 aliphatic carbocycles. The topological polar surface area (TPSA) is 26.3 Å². The molecule has 7 atom stereocenters. The summed E-state index contributed by atoms with van der Waals surface area (Å²) >= 11 is 2.23. The smallest absolute Gasteiger partial charge is 0.306 e. The van der Waals surface area contributed by atoms with Crippen LogP contribution in [-0.4, -0.2) is 33.0 Å². The van der Waals surface area contributed by atoms with Gasteiger partial charge < -0.3 is 4.74 Å². The second-order valence-electron chi connectivity index (χ2n) is 7.48. The quantitative estimate of drug-likeness (QED) is 0.578. The Hall–Kier alpha value is 0.0400. The van der Waals surface area contributed by atoms with Gasteiger partial charge in [-0.1, -0.05) is 12.8 Å². The van der Waals surface area contributed by atoms with E-state index >= 15 is 0 Å². The van der Waals surface area contributed by atoms with E-state index in [0.717, 1.165) is 24.2 Å². The fourth-order valence-corrected chi connectivity index (χ4v) is 11.4. The van der Waals surface area contributed by atoms with E-state index in [0.29, 0.717) is 26.4 Å². The van der Waals surface area contributed by atoms with Crippen LogP contribution < -0.4 is 0 Å². The van der Waals surface area contributed by atoms with E-state index < -0.39 is 0 Å². The number of esters is 1. The maximum atomic E-state index is 11.8. The summed E-state index contributed by atoms with van der Waals surface area (Å²) in [6.45, 7) is 1.91. The molecule has 5 fully saturated rings. The van der Waals surface area contributed by atoms with Crippen LogP contribution in [0.2, 0.25) is 0 Å². The molecule has 1 heterocycles. The molecule has 2 bridgehead atoms. The molecule has 2 spiro atoms. The van der Waals surface area contributed by atoms with E-state index in [1.54, 1.807) is 0 Å². The van der Waals surface area contributed by atoms with Crippen LogP contribution in [0.1, 0.15) is 39.0 Å². The Labute approximate surface area is 127 Å². The van der Waals surface area contributed by atoms with Crippen molar-refractivity contribution in [3.63, 3.8) is 0 Å². The number of hydrogen-bond donors (Lipinski definition) is 0. The summed E-state index contributed by atoms with van der Waals surface area (Å²) in [6.07, 6.45) is 5.59. The minimum atomic E-state index is -0.0406. The van der Waals surface area contributed by atoms with Crippen LogP contribution in [0.15, 0.2) is 0 Å². The van der Waals surface area contributed by atoms with Crippen LogP contribution in [0.4, 0.5) is 0 Å². The average Bonchev–Trinajstić information content (AvgIpc) is 2.87. The predicted molar refractivity (Wildman–Crippen MR) is 85.3 cm³/mol. The fraction of sp³-hybridized carbons (Fsp3) is 0.875. The third-order valence-corrected chi connectivity index (χ3v) is 12.1. The molecule has 0 N–H and O–H groups in total. The number of carbonyl (C=O) groups is 1. The zero-order valence-electron chi connectivity index (χ0n) is 12.0. The summed E-state index contributed by atoms with van der Waals surface area (Å²) in [4.78, 5) is 11.8. The molecule has 1 aliphatic heterocycles. The van der Waals surface area contributed by atoms with Gasteiger partial charge in [-0.2, -0.15) is 10.5 Å². The van der Waals surface area contributed by atoms with Crippen molar-refractivity contribution in [1.29, 1.82) is 0 Å². The fourth-order valence-electron chi connectivity index (χ4n) is 6.28. The molecule has 0 aromatic heterocycles. The molecule has 0 aromatic carbocycles. The first kappa shape index (κ1) is 12.6. The highest BCUT2D eigenvalue weighted by atomic mass is 32.2. The van der Waals surface area contributed by atoms with E-state index in [2.05, 4.69) is 17.6 Å². The van der Waals surface area contributed by atoms with Gasteiger partial charge in [0.05, 0.1) is 4.08 Å². The molecule has 110 valence electrons. The van der Waals surface area contributed by atoms with E-state index in [-0.39, 0.29) is 11.6 Å². The molecule has 5 rings (SSSR count). The molecule has 0 aromatic rings. The van der Waals surface area contributed by atoms with Gasteiger partial charge >= 0.3 is 5.97 Å². The minimum Gasteiger partial charge on any atom is -0.458 e. The van der Waals surface area contributed by atoms with Crippen LogP contribution in [0.5, 0.6) is 0 Å². The number of thioether (sulfide) groups is 1. The number of carbonyl (C=O) groups excluding carboxylic acids is 1. The van der Waals surface area contributed by atoms with Gasteiger partial charge in [0.1, 0.15) is 5.60 Å². The lowest BCUT2D eigenvalue weighted by molar-refractivity contribution is -0.160. The number of ether oxygens (including phenoxy) is 1. The Morgan fingerprint density at radius 1 is 1.45 bits per heavy atom. The van der Waals surface area contributed by atoms with Crippen molar-refractivity contribution in [3.05, 3.63) is 0 Å². The van der Waals surface area contributed by atoms with Crippen LogP contribution in [0.25, 0.3) is 0 Å². The van der Waals surface area contributed by atoms with Crippen molar-refractivity contribution < 1.29 is 9.53 Å². The summed E-state index contributed by atoms with van der Waals surface area (Å²) in [5.74, 6) is 9.71. The standard InChI is InChI=1S/C16H22O2S2/c1-3-13(17)18-15-7-10-6-11-12(8-14(11,15)9-15)16(10)19-4-5-20(16)2/h10-12H,2-9H2,1H3. The molecule has 7 unspecified atom stereocenters. The predicted octanol–water partition coefficient (Wildman–Crippen LogP) is 3.27. The lowest BCUT2D eigenvalue weighted by Crippen LogP contribution is -2.46. The Bertz CT molecular complexity index is 547. The summed E-state index contributed by atoms with van der Waals surface area (Å²) < 4.78 is 6.48. The Morgan fingerprint density at radius 3 is 3.00 bits per heavy atom. The largest absolute Gasteiger partial charge is 0.458 e. The van der Waals surface area contributed by atoms with Gasteiger partial charge in [0, 0.05) is 17.6 Å². The number of hydrogen-bond acceptors (Lipinski definition) is 3. The van der Waals surface area contributed by atoms with E-state index in [1.165, 1.54) is 30.8 Å². The highest BCUT2D eigenvalue weighted by Crippen LogP contribution is 2.89. The highest BCUT2D eigenvalue weighted by Gasteiger charge is 2.88. The van der Waals surface area contributed by atoms with Gasteiger partial charge in [-0.25, -0.2) is 0 Å². The first-order chi connectivity index (χ1) is 9.58. The monoisotopic (exact) mass is 310 g/mol. The van der Waals surface area contributed by atoms with Crippen LogP contribution in [-0.2, 0) is 9.53 Å². The molecule has 4 saturated carbocycles. The summed E-state index contributed by atoms with van der Waals surface area (Å²) in [5.41, 5.74) is 0.372. The Balaban J connectivity index is 1.52. The molecule has 1 saturated heterocycles. The molecule has 0 radical (unpaired) electrons. The summed E-state index contributed by atoms with van der Waals surface area (Å²) in [5, 5.41) is 0. The minimum absolute atomic E-state index is 0.0216. The third kappa shape index (κ3) is 1.10. The van der Waals surface area contributed by atoms with Crippen LogP contribution >= 0.6 is 22.2 Å². The third-order valence-electron chi connectivity index (χ3n) is 7.07. The Morgan fingerprint density at radius 2 is 2.30 bits per heavy atom. The van der Waals surface area contributed by atoms with Gasteiger partial charge in [0.15, 0.2) is 0 Å². The van der Waals surface area contributed by atoms with Crippen molar-refractivity contribution in [2.24, 2.45) is 23.2 Å². The van der Waals surface area contributed by atoms with Gasteiger partial charge in [0.2, 0.25) is 0 Å². The molecule has 5 aliphatic rings. The molecule has 20 heavy (non-hydrogen) atoms. The molecule has 4 heteroatoms. The maximum Gasteiger partial charge on any atom is 0.306 e. The number of fused-ring (bicyclic) bond motifs is 3. The Kier molecular flexibility index (Phi) is 2.20. The van der Waals surface area contributed by atoms with Gasteiger partial charge in [-0.15, -0.1) is 11.8 Å². The highest BCUT2D eigenvalue weighted by molar-refractivity contribution is 8.29. The molecular formula is C16H22O2S2. The van der Waals surface area contributed by atoms with Gasteiger partial charge in [-0.05, 0) is 49.2 Å². The summed E-state index contributed by atoms with van der Waals surface area (Å²) in [6, 6.07) is 0. The zero-order chi connectivity index (χ0) is 13.8. The van der Waals surface area contributed by atoms with E-state index in [4.69, 9.17) is 4.74 Å². The molecular weight excluding hydrogens is 288 g/mol. The molecule has 0 amide bonds. The lowest BCUT2D eigenvalue weighted by Gasteiger charge is -2.48. The number of rotatable bonds is 2. The van der Waals surface area contributed by atoms with Crippen LogP contribution in [0, 0.1) is 23.2 Å². The zero-order valence-corrected chi connectivity index (χ0v) is 13.7. The van der Waals surface area contributed by atoms with Crippen molar-refractivity contribution in [1.82, 2.24) is 0 Å². The second kappa shape index (κ2) is 3.51. The van der Waals surface area contributed by atoms with E-state index in [1.807, 2.05) is 6.92 Å². The summed E-state index contributed by atoms with van der Waals surface area (Å²) in [7, 11) is 0.332. The van der Waals surface area contributed by atoms with Crippen molar-refractivity contribution >= 4 is 34.1 Å². The first-order valence-corrected chi connectivity index (χ1v) is 10.5. The van der Waals surface area contributed by atoms with Gasteiger partial charge in [-0.3, -0.25) is 4.79 Å². The lowest BCUT2D eigenvalue weighted by atomic mass is 9.60. The maximum absolute atomic E-state index is 11.8. The SMILES string of the molecule is C=S1CCSC12C1CC3C2CC32CC2(OC(=O)CC)C1.